The van der Waals surface area contributed by atoms with Crippen LogP contribution in [0.15, 0.2) is 46.2 Å². The van der Waals surface area contributed by atoms with Gasteiger partial charge in [0.1, 0.15) is 10.7 Å². The Morgan fingerprint density at radius 1 is 1.30 bits per heavy atom. The average Bonchev–Trinajstić information content (AvgIpc) is 2.42. The molecule has 2 aromatic rings. The number of hydrogen-bond acceptors (Lipinski definition) is 5. The summed E-state index contributed by atoms with van der Waals surface area (Å²) in [5.41, 5.74) is 0.423. The van der Waals surface area contributed by atoms with E-state index in [1.807, 2.05) is 6.92 Å². The third kappa shape index (κ3) is 3.26. The molecule has 8 heteroatoms. The fourth-order valence-corrected chi connectivity index (χ4v) is 3.26. The van der Waals surface area contributed by atoms with Crippen LogP contribution in [0.25, 0.3) is 0 Å². The minimum Gasteiger partial charge on any atom is -0.369 e. The van der Waals surface area contributed by atoms with Gasteiger partial charge in [0.05, 0.1) is 10.2 Å². The van der Waals surface area contributed by atoms with Crippen molar-refractivity contribution in [2.75, 3.05) is 16.6 Å². The predicted octanol–water partition coefficient (Wildman–Crippen LogP) is 2.47. The molecule has 0 bridgehead atoms. The molecular formula is C12H13BrN4O2S. The monoisotopic (exact) mass is 356 g/mol. The Kier molecular flexibility index (Phi) is 4.56. The molecule has 0 amide bonds. The summed E-state index contributed by atoms with van der Waals surface area (Å²) in [4.78, 5) is 8.04. The molecule has 2 N–H and O–H groups in total. The second-order valence-electron chi connectivity index (χ2n) is 3.84. The zero-order valence-electron chi connectivity index (χ0n) is 10.7. The highest BCUT2D eigenvalue weighted by Crippen LogP contribution is 2.25. The van der Waals surface area contributed by atoms with Gasteiger partial charge >= 0.3 is 0 Å². The van der Waals surface area contributed by atoms with Gasteiger partial charge in [-0.2, -0.15) is 0 Å². The smallest absolute Gasteiger partial charge is 0.265 e. The molecule has 2 rings (SSSR count). The standard InChI is InChI=1S/C12H13BrN4O2S/c1-2-15-12-11(4-3-6-16-12)20(18,19)17-10-5-7-14-8-9(10)13/h3-8H,2H2,1H3,(H,14,17)(H,15,16). The Balaban J connectivity index is 2.39. The number of anilines is 2. The van der Waals surface area contributed by atoms with Gasteiger partial charge in [0.15, 0.2) is 0 Å². The molecule has 0 atom stereocenters. The van der Waals surface area contributed by atoms with E-state index in [9.17, 15) is 8.42 Å². The fraction of sp³-hybridized carbons (Fsp3) is 0.167. The lowest BCUT2D eigenvalue weighted by Crippen LogP contribution is -2.16. The van der Waals surface area contributed by atoms with Gasteiger partial charge in [-0.3, -0.25) is 9.71 Å². The van der Waals surface area contributed by atoms with Crippen LogP contribution < -0.4 is 10.0 Å². The van der Waals surface area contributed by atoms with Gasteiger partial charge in [-0.15, -0.1) is 0 Å². The first-order chi connectivity index (χ1) is 9.54. The van der Waals surface area contributed by atoms with Gasteiger partial charge in [0.25, 0.3) is 10.0 Å². The molecule has 2 aromatic heterocycles. The molecule has 0 saturated carbocycles. The van der Waals surface area contributed by atoms with Crippen molar-refractivity contribution in [2.45, 2.75) is 11.8 Å². The second kappa shape index (κ2) is 6.19. The normalized spacial score (nSPS) is 11.1. The molecular weight excluding hydrogens is 344 g/mol. The van der Waals surface area contributed by atoms with Gasteiger partial charge in [0.2, 0.25) is 0 Å². The number of hydrogen-bond donors (Lipinski definition) is 2. The van der Waals surface area contributed by atoms with Crippen LogP contribution in [0.4, 0.5) is 11.5 Å². The van der Waals surface area contributed by atoms with Crippen molar-refractivity contribution < 1.29 is 8.42 Å². The van der Waals surface area contributed by atoms with E-state index in [0.717, 1.165) is 0 Å². The fourth-order valence-electron chi connectivity index (χ4n) is 1.57. The van der Waals surface area contributed by atoms with Crippen LogP contribution in [0, 0.1) is 0 Å². The van der Waals surface area contributed by atoms with E-state index in [2.05, 4.69) is 35.9 Å². The maximum absolute atomic E-state index is 12.4. The molecule has 0 aromatic carbocycles. The lowest BCUT2D eigenvalue weighted by atomic mass is 10.4. The highest BCUT2D eigenvalue weighted by molar-refractivity contribution is 9.10. The van der Waals surface area contributed by atoms with E-state index >= 15 is 0 Å². The van der Waals surface area contributed by atoms with E-state index in [1.54, 1.807) is 18.3 Å². The number of nitrogens with zero attached hydrogens (tertiary/aromatic N) is 2. The SMILES string of the molecule is CCNc1ncccc1S(=O)(=O)Nc1ccncc1Br. The molecule has 6 nitrogen and oxygen atoms in total. The maximum atomic E-state index is 12.4. The van der Waals surface area contributed by atoms with Crippen molar-refractivity contribution in [2.24, 2.45) is 0 Å². The van der Waals surface area contributed by atoms with Gasteiger partial charge in [0, 0.05) is 25.1 Å². The van der Waals surface area contributed by atoms with Gasteiger partial charge in [-0.25, -0.2) is 13.4 Å². The lowest BCUT2D eigenvalue weighted by Gasteiger charge is -2.12. The highest BCUT2D eigenvalue weighted by atomic mass is 79.9. The Morgan fingerprint density at radius 2 is 2.10 bits per heavy atom. The summed E-state index contributed by atoms with van der Waals surface area (Å²) in [6, 6.07) is 4.66. The van der Waals surface area contributed by atoms with Crippen LogP contribution in [0.3, 0.4) is 0 Å². The molecule has 0 unspecified atom stereocenters. The highest BCUT2D eigenvalue weighted by Gasteiger charge is 2.20. The quantitative estimate of drug-likeness (QED) is 0.859. The molecule has 0 radical (unpaired) electrons. The van der Waals surface area contributed by atoms with Crippen LogP contribution >= 0.6 is 15.9 Å². The Labute approximate surface area is 125 Å². The van der Waals surface area contributed by atoms with Gasteiger partial charge < -0.3 is 5.32 Å². The third-order valence-electron chi connectivity index (χ3n) is 2.42. The van der Waals surface area contributed by atoms with Crippen molar-refractivity contribution in [1.82, 2.24) is 9.97 Å². The van der Waals surface area contributed by atoms with Crippen molar-refractivity contribution in [3.8, 4) is 0 Å². The number of nitrogens with one attached hydrogen (secondary N) is 2. The average molecular weight is 357 g/mol. The van der Waals surface area contributed by atoms with Gasteiger partial charge in [-0.05, 0) is 41.1 Å². The summed E-state index contributed by atoms with van der Waals surface area (Å²) in [5, 5.41) is 2.93. The first-order valence-electron chi connectivity index (χ1n) is 5.86. The Hall–Kier alpha value is -1.67. The van der Waals surface area contributed by atoms with Crippen molar-refractivity contribution in [3.05, 3.63) is 41.3 Å². The maximum Gasteiger partial charge on any atom is 0.265 e. The van der Waals surface area contributed by atoms with Crippen LogP contribution in [0.5, 0.6) is 0 Å². The van der Waals surface area contributed by atoms with Gasteiger partial charge in [-0.1, -0.05) is 0 Å². The third-order valence-corrected chi connectivity index (χ3v) is 4.45. The van der Waals surface area contributed by atoms with Crippen molar-refractivity contribution >= 4 is 37.5 Å². The first-order valence-corrected chi connectivity index (χ1v) is 8.13. The molecule has 0 aliphatic carbocycles. The summed E-state index contributed by atoms with van der Waals surface area (Å²) in [5.74, 6) is 0.327. The van der Waals surface area contributed by atoms with E-state index in [-0.39, 0.29) is 4.90 Å². The number of sulfonamides is 1. The molecule has 0 spiro atoms. The number of halogens is 1. The molecule has 2 heterocycles. The number of pyridine rings is 2. The van der Waals surface area contributed by atoms with Crippen LogP contribution in [-0.2, 0) is 10.0 Å². The van der Waals surface area contributed by atoms with E-state index in [1.165, 1.54) is 18.5 Å². The summed E-state index contributed by atoms with van der Waals surface area (Å²) < 4.78 is 27.9. The number of aromatic nitrogens is 2. The second-order valence-corrected chi connectivity index (χ2v) is 6.35. The minimum absolute atomic E-state index is 0.102. The largest absolute Gasteiger partial charge is 0.369 e. The zero-order valence-corrected chi connectivity index (χ0v) is 13.1. The van der Waals surface area contributed by atoms with Crippen LogP contribution in [0.2, 0.25) is 0 Å². The molecule has 0 fully saturated rings. The minimum atomic E-state index is -3.72. The van der Waals surface area contributed by atoms with Crippen LogP contribution in [-0.4, -0.2) is 24.9 Å². The van der Waals surface area contributed by atoms with E-state index in [0.29, 0.717) is 22.5 Å². The first kappa shape index (κ1) is 14.7. The van der Waals surface area contributed by atoms with E-state index < -0.39 is 10.0 Å². The zero-order chi connectivity index (χ0) is 14.6. The lowest BCUT2D eigenvalue weighted by molar-refractivity contribution is 0.601. The molecule has 0 aliphatic rings. The topological polar surface area (TPSA) is 84.0 Å². The van der Waals surface area contributed by atoms with E-state index in [4.69, 9.17) is 0 Å². The number of rotatable bonds is 5. The Morgan fingerprint density at radius 3 is 2.80 bits per heavy atom. The summed E-state index contributed by atoms with van der Waals surface area (Å²) >= 11 is 3.25. The van der Waals surface area contributed by atoms with Crippen molar-refractivity contribution in [3.63, 3.8) is 0 Å². The van der Waals surface area contributed by atoms with Crippen molar-refractivity contribution in [1.29, 1.82) is 0 Å². The predicted molar refractivity (Wildman–Crippen MR) is 81.1 cm³/mol. The Bertz CT molecular complexity index is 706. The molecule has 20 heavy (non-hydrogen) atoms. The summed E-state index contributed by atoms with van der Waals surface area (Å²) in [7, 11) is -3.72. The summed E-state index contributed by atoms with van der Waals surface area (Å²) in [6.07, 6.45) is 4.57. The summed E-state index contributed by atoms with van der Waals surface area (Å²) in [6.45, 7) is 2.45. The van der Waals surface area contributed by atoms with Crippen LogP contribution in [0.1, 0.15) is 6.92 Å². The molecule has 106 valence electrons. The molecule has 0 aliphatic heterocycles. The molecule has 0 saturated heterocycles.